The second-order valence-corrected chi connectivity index (χ2v) is 7.07. The Labute approximate surface area is 151 Å². The van der Waals surface area contributed by atoms with E-state index in [0.717, 1.165) is 21.8 Å². The molecular weight excluding hydrogens is 336 g/mol. The minimum absolute atomic E-state index is 0.0199. The van der Waals surface area contributed by atoms with E-state index in [1.54, 1.807) is 7.11 Å². The molecule has 1 aromatic carbocycles. The maximum absolute atomic E-state index is 12.9. The molecule has 2 aromatic rings. The van der Waals surface area contributed by atoms with Crippen LogP contribution in [-0.2, 0) is 0 Å². The van der Waals surface area contributed by atoms with Crippen LogP contribution in [-0.4, -0.2) is 54.9 Å². The molecular formula is C19H22N2O3S. The van der Waals surface area contributed by atoms with Crippen LogP contribution in [0.25, 0.3) is 0 Å². The number of benzene rings is 1. The van der Waals surface area contributed by atoms with Crippen LogP contribution in [0.4, 0.5) is 0 Å². The van der Waals surface area contributed by atoms with Crippen molar-refractivity contribution in [2.45, 2.75) is 13.8 Å². The number of amides is 2. The zero-order valence-corrected chi connectivity index (χ0v) is 15.6. The molecule has 1 aromatic heterocycles. The van der Waals surface area contributed by atoms with Crippen molar-refractivity contribution in [2.24, 2.45) is 0 Å². The lowest BCUT2D eigenvalue weighted by atomic mass is 10.0. The molecule has 0 bridgehead atoms. The largest absolute Gasteiger partial charge is 0.496 e. The fourth-order valence-corrected chi connectivity index (χ4v) is 3.78. The Hall–Kier alpha value is -2.34. The normalized spacial score (nSPS) is 14.5. The maximum atomic E-state index is 12.9. The zero-order valence-electron chi connectivity index (χ0n) is 14.7. The van der Waals surface area contributed by atoms with Gasteiger partial charge in [-0.1, -0.05) is 6.07 Å². The summed E-state index contributed by atoms with van der Waals surface area (Å²) in [5, 5.41) is 1.90. The number of carbonyl (C=O) groups is 2. The third-order valence-electron chi connectivity index (χ3n) is 4.77. The van der Waals surface area contributed by atoms with Crippen LogP contribution in [0.15, 0.2) is 29.6 Å². The van der Waals surface area contributed by atoms with Gasteiger partial charge in [-0.3, -0.25) is 9.59 Å². The summed E-state index contributed by atoms with van der Waals surface area (Å²) < 4.78 is 5.31. The predicted molar refractivity (Wildman–Crippen MR) is 98.6 cm³/mol. The van der Waals surface area contributed by atoms with Crippen molar-refractivity contribution >= 4 is 23.2 Å². The predicted octanol–water partition coefficient (Wildman–Crippen LogP) is 2.97. The first-order valence-electron chi connectivity index (χ1n) is 8.29. The van der Waals surface area contributed by atoms with E-state index < -0.39 is 0 Å². The molecule has 3 rings (SSSR count). The van der Waals surface area contributed by atoms with E-state index >= 15 is 0 Å². The Bertz CT molecular complexity index is 778. The number of nitrogens with zero attached hydrogens (tertiary/aromatic N) is 2. The first-order chi connectivity index (χ1) is 12.0. The van der Waals surface area contributed by atoms with Gasteiger partial charge in [-0.15, -0.1) is 11.3 Å². The molecule has 0 aliphatic carbocycles. The molecule has 1 aliphatic heterocycles. The van der Waals surface area contributed by atoms with E-state index in [0.29, 0.717) is 31.7 Å². The molecule has 1 fully saturated rings. The number of piperazine rings is 1. The van der Waals surface area contributed by atoms with Crippen LogP contribution in [0.3, 0.4) is 0 Å². The quantitative estimate of drug-likeness (QED) is 0.848. The molecule has 0 unspecified atom stereocenters. The summed E-state index contributed by atoms with van der Waals surface area (Å²) in [4.78, 5) is 29.7. The van der Waals surface area contributed by atoms with E-state index in [1.807, 2.05) is 53.3 Å². The molecule has 0 N–H and O–H groups in total. The standard InChI is InChI=1S/C19H22N2O3S/c1-13-14(2)16(24-3)7-6-15(13)18(22)20-8-10-21(11-9-20)19(23)17-5-4-12-25-17/h4-7,12H,8-11H2,1-3H3. The Kier molecular flexibility index (Phi) is 5.08. The van der Waals surface area contributed by atoms with Gasteiger partial charge >= 0.3 is 0 Å². The Balaban J connectivity index is 1.68. The topological polar surface area (TPSA) is 49.9 Å². The van der Waals surface area contributed by atoms with Gasteiger partial charge in [0.25, 0.3) is 11.8 Å². The number of rotatable bonds is 3. The van der Waals surface area contributed by atoms with Gasteiger partial charge in [0.1, 0.15) is 5.75 Å². The van der Waals surface area contributed by atoms with Gasteiger partial charge in [-0.2, -0.15) is 0 Å². The van der Waals surface area contributed by atoms with Gasteiger partial charge in [-0.25, -0.2) is 0 Å². The maximum Gasteiger partial charge on any atom is 0.264 e. The van der Waals surface area contributed by atoms with E-state index in [1.165, 1.54) is 11.3 Å². The lowest BCUT2D eigenvalue weighted by Gasteiger charge is -2.35. The summed E-state index contributed by atoms with van der Waals surface area (Å²) >= 11 is 1.45. The third kappa shape index (κ3) is 3.39. The number of hydrogen-bond acceptors (Lipinski definition) is 4. The van der Waals surface area contributed by atoms with Crippen LogP contribution in [0, 0.1) is 13.8 Å². The average Bonchev–Trinajstić information content (AvgIpc) is 3.17. The van der Waals surface area contributed by atoms with Crippen molar-refractivity contribution in [3.05, 3.63) is 51.2 Å². The molecule has 0 atom stereocenters. The molecule has 5 nitrogen and oxygen atoms in total. The average molecular weight is 358 g/mol. The van der Waals surface area contributed by atoms with Crippen LogP contribution < -0.4 is 4.74 Å². The molecule has 25 heavy (non-hydrogen) atoms. The van der Waals surface area contributed by atoms with Gasteiger partial charge in [0, 0.05) is 31.7 Å². The molecule has 0 saturated carbocycles. The first kappa shape index (κ1) is 17.5. The first-order valence-corrected chi connectivity index (χ1v) is 9.17. The summed E-state index contributed by atoms with van der Waals surface area (Å²) in [6.07, 6.45) is 0. The van der Waals surface area contributed by atoms with E-state index in [4.69, 9.17) is 4.74 Å². The highest BCUT2D eigenvalue weighted by Gasteiger charge is 2.27. The SMILES string of the molecule is COc1ccc(C(=O)N2CCN(C(=O)c3cccs3)CC2)c(C)c1C. The van der Waals surface area contributed by atoms with Gasteiger partial charge in [0.2, 0.25) is 0 Å². The fraction of sp³-hybridized carbons (Fsp3) is 0.368. The van der Waals surface area contributed by atoms with Crippen LogP contribution >= 0.6 is 11.3 Å². The van der Waals surface area contributed by atoms with Crippen molar-refractivity contribution in [3.63, 3.8) is 0 Å². The van der Waals surface area contributed by atoms with Gasteiger partial charge in [-0.05, 0) is 48.6 Å². The zero-order chi connectivity index (χ0) is 18.0. The van der Waals surface area contributed by atoms with Crippen molar-refractivity contribution in [3.8, 4) is 5.75 Å². The molecule has 1 saturated heterocycles. The molecule has 0 radical (unpaired) electrons. The summed E-state index contributed by atoms with van der Waals surface area (Å²) in [5.74, 6) is 0.866. The van der Waals surface area contributed by atoms with E-state index in [2.05, 4.69) is 0 Å². The van der Waals surface area contributed by atoms with Crippen molar-refractivity contribution in [2.75, 3.05) is 33.3 Å². The fourth-order valence-electron chi connectivity index (χ4n) is 3.09. The summed E-state index contributed by atoms with van der Waals surface area (Å²) in [7, 11) is 1.63. The van der Waals surface area contributed by atoms with Crippen molar-refractivity contribution in [1.29, 1.82) is 0 Å². The van der Waals surface area contributed by atoms with Gasteiger partial charge in [0.15, 0.2) is 0 Å². The second kappa shape index (κ2) is 7.27. The van der Waals surface area contributed by atoms with Crippen LogP contribution in [0.1, 0.15) is 31.2 Å². The number of ether oxygens (including phenoxy) is 1. The minimum Gasteiger partial charge on any atom is -0.496 e. The van der Waals surface area contributed by atoms with Crippen LogP contribution in [0.2, 0.25) is 0 Å². The lowest BCUT2D eigenvalue weighted by Crippen LogP contribution is -2.50. The third-order valence-corrected chi connectivity index (χ3v) is 5.63. The molecule has 132 valence electrons. The van der Waals surface area contributed by atoms with E-state index in [-0.39, 0.29) is 11.8 Å². The molecule has 0 spiro atoms. The van der Waals surface area contributed by atoms with Crippen molar-refractivity contribution < 1.29 is 14.3 Å². The van der Waals surface area contributed by atoms with Gasteiger partial charge in [0.05, 0.1) is 12.0 Å². The highest BCUT2D eigenvalue weighted by Crippen LogP contribution is 2.25. The highest BCUT2D eigenvalue weighted by atomic mass is 32.1. The Morgan fingerprint density at radius 2 is 1.60 bits per heavy atom. The molecule has 2 heterocycles. The summed E-state index contributed by atoms with van der Waals surface area (Å²) in [6.45, 7) is 6.15. The highest BCUT2D eigenvalue weighted by molar-refractivity contribution is 7.12. The van der Waals surface area contributed by atoms with Crippen LogP contribution in [0.5, 0.6) is 5.75 Å². The number of thiophene rings is 1. The van der Waals surface area contributed by atoms with Crippen molar-refractivity contribution in [1.82, 2.24) is 9.80 Å². The monoisotopic (exact) mass is 358 g/mol. The molecule has 2 amide bonds. The summed E-state index contributed by atoms with van der Waals surface area (Å²) in [5.41, 5.74) is 2.64. The molecule has 1 aliphatic rings. The Morgan fingerprint density at radius 3 is 2.16 bits per heavy atom. The number of methoxy groups -OCH3 is 1. The van der Waals surface area contributed by atoms with E-state index in [9.17, 15) is 9.59 Å². The second-order valence-electron chi connectivity index (χ2n) is 6.13. The molecule has 6 heteroatoms. The number of hydrogen-bond donors (Lipinski definition) is 0. The van der Waals surface area contributed by atoms with Gasteiger partial charge < -0.3 is 14.5 Å². The smallest absolute Gasteiger partial charge is 0.264 e. The number of carbonyl (C=O) groups excluding carboxylic acids is 2. The summed E-state index contributed by atoms with van der Waals surface area (Å²) in [6, 6.07) is 7.39. The Morgan fingerprint density at radius 1 is 0.960 bits per heavy atom. The lowest BCUT2D eigenvalue weighted by molar-refractivity contribution is 0.0537. The minimum atomic E-state index is 0.0199.